The molecular formula is C8H8N6O2. The van der Waals surface area contributed by atoms with E-state index in [1.165, 1.54) is 30.2 Å². The standard InChI is InChI=1S/C8H8N6O2/c1-5-7(14(15)16)8(9)13(12-5)6-4-10-2-3-11-6/h2-4H,9H2,1H3. The third-order valence-electron chi connectivity index (χ3n) is 2.01. The lowest BCUT2D eigenvalue weighted by atomic mass is 10.4. The molecule has 8 nitrogen and oxygen atoms in total. The molecule has 0 fully saturated rings. The van der Waals surface area contributed by atoms with Crippen molar-refractivity contribution >= 4 is 11.5 Å². The quantitative estimate of drug-likeness (QED) is 0.581. The van der Waals surface area contributed by atoms with Crippen molar-refractivity contribution in [1.29, 1.82) is 0 Å². The molecule has 0 amide bonds. The van der Waals surface area contributed by atoms with Gasteiger partial charge in [0.15, 0.2) is 5.82 Å². The van der Waals surface area contributed by atoms with Crippen LogP contribution in [0.15, 0.2) is 18.6 Å². The summed E-state index contributed by atoms with van der Waals surface area (Å²) in [5.41, 5.74) is 5.67. The molecule has 0 aliphatic carbocycles. The van der Waals surface area contributed by atoms with Gasteiger partial charge in [0.25, 0.3) is 0 Å². The van der Waals surface area contributed by atoms with Gasteiger partial charge >= 0.3 is 5.69 Å². The van der Waals surface area contributed by atoms with Crippen molar-refractivity contribution in [2.24, 2.45) is 0 Å². The van der Waals surface area contributed by atoms with Gasteiger partial charge < -0.3 is 5.73 Å². The minimum absolute atomic E-state index is 0.0528. The molecule has 2 aromatic heterocycles. The fourth-order valence-corrected chi connectivity index (χ4v) is 1.34. The summed E-state index contributed by atoms with van der Waals surface area (Å²) in [6.45, 7) is 1.52. The third-order valence-corrected chi connectivity index (χ3v) is 2.01. The molecule has 0 spiro atoms. The number of nitrogens with zero attached hydrogens (tertiary/aromatic N) is 5. The van der Waals surface area contributed by atoms with Crippen molar-refractivity contribution in [2.75, 3.05) is 5.73 Å². The van der Waals surface area contributed by atoms with E-state index in [0.717, 1.165) is 0 Å². The summed E-state index contributed by atoms with van der Waals surface area (Å²) in [7, 11) is 0. The number of aromatic nitrogens is 4. The van der Waals surface area contributed by atoms with E-state index in [1.807, 2.05) is 0 Å². The molecule has 0 radical (unpaired) electrons. The zero-order chi connectivity index (χ0) is 11.7. The number of nitrogens with two attached hydrogens (primary N) is 1. The van der Waals surface area contributed by atoms with Gasteiger partial charge in [-0.2, -0.15) is 9.78 Å². The SMILES string of the molecule is Cc1nn(-c2cnccn2)c(N)c1[N+](=O)[O-]. The average molecular weight is 220 g/mol. The lowest BCUT2D eigenvalue weighted by Crippen LogP contribution is -2.05. The van der Waals surface area contributed by atoms with E-state index in [1.54, 1.807) is 0 Å². The summed E-state index contributed by atoms with van der Waals surface area (Å²) < 4.78 is 1.19. The number of nitrogen functional groups attached to an aromatic ring is 1. The molecule has 0 saturated heterocycles. The number of aryl methyl sites for hydroxylation is 1. The first-order valence-corrected chi connectivity index (χ1v) is 4.37. The second-order valence-electron chi connectivity index (χ2n) is 3.05. The van der Waals surface area contributed by atoms with Gasteiger partial charge in [-0.05, 0) is 6.92 Å². The maximum Gasteiger partial charge on any atom is 0.333 e. The molecule has 2 aromatic rings. The van der Waals surface area contributed by atoms with Gasteiger partial charge in [0.1, 0.15) is 5.69 Å². The molecule has 0 unspecified atom stereocenters. The summed E-state index contributed by atoms with van der Waals surface area (Å²) in [4.78, 5) is 18.0. The number of rotatable bonds is 2. The Morgan fingerprint density at radius 1 is 1.50 bits per heavy atom. The summed E-state index contributed by atoms with van der Waals surface area (Å²) in [6, 6.07) is 0. The fraction of sp³-hybridized carbons (Fsp3) is 0.125. The number of hydrogen-bond donors (Lipinski definition) is 1. The highest BCUT2D eigenvalue weighted by Gasteiger charge is 2.23. The van der Waals surface area contributed by atoms with E-state index in [0.29, 0.717) is 5.82 Å². The van der Waals surface area contributed by atoms with Crippen LogP contribution in [0.1, 0.15) is 5.69 Å². The molecule has 0 aromatic carbocycles. The second kappa shape index (κ2) is 3.57. The average Bonchev–Trinajstić information content (AvgIpc) is 2.55. The van der Waals surface area contributed by atoms with Crippen LogP contribution in [0.25, 0.3) is 5.82 Å². The smallest absolute Gasteiger partial charge is 0.333 e. The van der Waals surface area contributed by atoms with Crippen LogP contribution in [-0.2, 0) is 0 Å². The van der Waals surface area contributed by atoms with Gasteiger partial charge in [-0.25, -0.2) is 4.98 Å². The van der Waals surface area contributed by atoms with Gasteiger partial charge in [-0.3, -0.25) is 15.1 Å². The Kier molecular flexibility index (Phi) is 2.24. The number of hydrogen-bond acceptors (Lipinski definition) is 6. The van der Waals surface area contributed by atoms with E-state index < -0.39 is 4.92 Å². The Hall–Kier alpha value is -2.51. The second-order valence-corrected chi connectivity index (χ2v) is 3.05. The van der Waals surface area contributed by atoms with E-state index >= 15 is 0 Å². The molecular weight excluding hydrogens is 212 g/mol. The van der Waals surface area contributed by atoms with Crippen molar-refractivity contribution in [2.45, 2.75) is 6.92 Å². The minimum atomic E-state index is -0.565. The topological polar surface area (TPSA) is 113 Å². The normalized spacial score (nSPS) is 10.3. The molecule has 2 N–H and O–H groups in total. The first kappa shape index (κ1) is 10.0. The van der Waals surface area contributed by atoms with E-state index in [2.05, 4.69) is 15.1 Å². The Labute approximate surface area is 89.9 Å². The van der Waals surface area contributed by atoms with Crippen molar-refractivity contribution in [3.63, 3.8) is 0 Å². The zero-order valence-corrected chi connectivity index (χ0v) is 8.36. The number of nitro groups is 1. The van der Waals surface area contributed by atoms with Crippen LogP contribution in [0.5, 0.6) is 0 Å². The highest BCUT2D eigenvalue weighted by atomic mass is 16.6. The Bertz CT molecular complexity index is 535. The Balaban J connectivity index is 2.61. The molecule has 0 aliphatic rings. The maximum absolute atomic E-state index is 10.7. The molecule has 0 saturated carbocycles. The molecule has 16 heavy (non-hydrogen) atoms. The lowest BCUT2D eigenvalue weighted by molar-refractivity contribution is -0.384. The maximum atomic E-state index is 10.7. The summed E-state index contributed by atoms with van der Waals surface area (Å²) >= 11 is 0. The molecule has 82 valence electrons. The Morgan fingerprint density at radius 2 is 2.25 bits per heavy atom. The van der Waals surface area contributed by atoms with Gasteiger partial charge in [0.2, 0.25) is 5.82 Å². The van der Waals surface area contributed by atoms with E-state index in [-0.39, 0.29) is 17.2 Å². The van der Waals surface area contributed by atoms with Crippen LogP contribution in [0.4, 0.5) is 11.5 Å². The Morgan fingerprint density at radius 3 is 2.75 bits per heavy atom. The molecule has 2 heterocycles. The monoisotopic (exact) mass is 220 g/mol. The largest absolute Gasteiger partial charge is 0.378 e. The summed E-state index contributed by atoms with van der Waals surface area (Å²) in [5.74, 6) is 0.291. The highest BCUT2D eigenvalue weighted by Crippen LogP contribution is 2.26. The molecule has 0 aliphatic heterocycles. The predicted molar refractivity (Wildman–Crippen MR) is 55.0 cm³/mol. The summed E-state index contributed by atoms with van der Waals surface area (Å²) in [5, 5.41) is 14.7. The van der Waals surface area contributed by atoms with Crippen molar-refractivity contribution in [1.82, 2.24) is 19.7 Å². The highest BCUT2D eigenvalue weighted by molar-refractivity contribution is 5.58. The minimum Gasteiger partial charge on any atom is -0.378 e. The molecule has 0 atom stereocenters. The van der Waals surface area contributed by atoms with Crippen LogP contribution in [0.2, 0.25) is 0 Å². The van der Waals surface area contributed by atoms with Gasteiger partial charge in [0, 0.05) is 12.4 Å². The van der Waals surface area contributed by atoms with Gasteiger partial charge in [0.05, 0.1) is 11.1 Å². The number of anilines is 1. The van der Waals surface area contributed by atoms with Crippen molar-refractivity contribution < 1.29 is 4.92 Å². The van der Waals surface area contributed by atoms with Gasteiger partial charge in [-0.15, -0.1) is 0 Å². The van der Waals surface area contributed by atoms with E-state index in [9.17, 15) is 10.1 Å². The van der Waals surface area contributed by atoms with E-state index in [4.69, 9.17) is 5.73 Å². The summed E-state index contributed by atoms with van der Waals surface area (Å²) in [6.07, 6.45) is 4.37. The van der Waals surface area contributed by atoms with Crippen LogP contribution in [0.3, 0.4) is 0 Å². The predicted octanol–water partition coefficient (Wildman–Crippen LogP) is 0.461. The molecule has 2 rings (SSSR count). The van der Waals surface area contributed by atoms with Crippen LogP contribution < -0.4 is 5.73 Å². The third kappa shape index (κ3) is 1.45. The fourth-order valence-electron chi connectivity index (χ4n) is 1.34. The first-order valence-electron chi connectivity index (χ1n) is 4.37. The first-order chi connectivity index (χ1) is 7.61. The van der Waals surface area contributed by atoms with Crippen molar-refractivity contribution in [3.8, 4) is 5.82 Å². The van der Waals surface area contributed by atoms with Crippen molar-refractivity contribution in [3.05, 3.63) is 34.4 Å². The molecule has 0 bridgehead atoms. The van der Waals surface area contributed by atoms with Gasteiger partial charge in [-0.1, -0.05) is 0 Å². The van der Waals surface area contributed by atoms with Crippen LogP contribution >= 0.6 is 0 Å². The molecule has 8 heteroatoms. The van der Waals surface area contributed by atoms with Crippen LogP contribution in [0, 0.1) is 17.0 Å². The lowest BCUT2D eigenvalue weighted by Gasteiger charge is -1.99. The zero-order valence-electron chi connectivity index (χ0n) is 8.36. The van der Waals surface area contributed by atoms with Crippen LogP contribution in [-0.4, -0.2) is 24.7 Å².